The van der Waals surface area contributed by atoms with Gasteiger partial charge in [0, 0.05) is 19.7 Å². The first-order chi connectivity index (χ1) is 8.90. The lowest BCUT2D eigenvalue weighted by Gasteiger charge is -2.14. The second kappa shape index (κ2) is 5.22. The van der Waals surface area contributed by atoms with Gasteiger partial charge in [-0.05, 0) is 24.7 Å². The number of alkyl halides is 3. The summed E-state index contributed by atoms with van der Waals surface area (Å²) in [7, 11) is 1.49. The fourth-order valence-corrected chi connectivity index (χ4v) is 1.89. The molecule has 1 atom stereocenters. The van der Waals surface area contributed by atoms with Crippen molar-refractivity contribution >= 4 is 11.8 Å². The standard InChI is InChI=1S/C12H17F3N4/c1-7(8-3-4-8)6-17-10-5-9(12(13,14)15)18-11(16-2)19-10/h5,7-8H,3-4,6H2,1-2H3,(H2,16,17,18,19). The number of nitrogens with zero attached hydrogens (tertiary/aromatic N) is 2. The van der Waals surface area contributed by atoms with Crippen LogP contribution in [0.2, 0.25) is 0 Å². The molecule has 1 unspecified atom stereocenters. The Kier molecular flexibility index (Phi) is 3.82. The Bertz CT molecular complexity index is 443. The van der Waals surface area contributed by atoms with E-state index in [1.807, 2.05) is 0 Å². The summed E-state index contributed by atoms with van der Waals surface area (Å²) in [6, 6.07) is 0.945. The van der Waals surface area contributed by atoms with Crippen molar-refractivity contribution in [2.45, 2.75) is 25.9 Å². The molecular formula is C12H17F3N4. The van der Waals surface area contributed by atoms with Crippen molar-refractivity contribution in [1.82, 2.24) is 9.97 Å². The minimum Gasteiger partial charge on any atom is -0.370 e. The van der Waals surface area contributed by atoms with Crippen molar-refractivity contribution in [2.24, 2.45) is 11.8 Å². The highest BCUT2D eigenvalue weighted by molar-refractivity contribution is 5.42. The van der Waals surface area contributed by atoms with Gasteiger partial charge in [0.1, 0.15) is 5.82 Å². The van der Waals surface area contributed by atoms with Crippen molar-refractivity contribution in [3.05, 3.63) is 11.8 Å². The van der Waals surface area contributed by atoms with Gasteiger partial charge in [0.15, 0.2) is 5.69 Å². The molecule has 0 aliphatic heterocycles. The highest BCUT2D eigenvalue weighted by atomic mass is 19.4. The maximum absolute atomic E-state index is 12.7. The van der Waals surface area contributed by atoms with Crippen molar-refractivity contribution < 1.29 is 13.2 Å². The third kappa shape index (κ3) is 3.71. The van der Waals surface area contributed by atoms with Crippen molar-refractivity contribution in [1.29, 1.82) is 0 Å². The van der Waals surface area contributed by atoms with Crippen LogP contribution in [0.15, 0.2) is 6.07 Å². The summed E-state index contributed by atoms with van der Waals surface area (Å²) >= 11 is 0. The number of hydrogen-bond acceptors (Lipinski definition) is 4. The Morgan fingerprint density at radius 1 is 1.37 bits per heavy atom. The summed E-state index contributed by atoms with van der Waals surface area (Å²) in [4.78, 5) is 7.39. The molecule has 4 nitrogen and oxygen atoms in total. The molecule has 2 rings (SSSR count). The fraction of sp³-hybridized carbons (Fsp3) is 0.667. The molecule has 1 aromatic heterocycles. The van der Waals surface area contributed by atoms with Gasteiger partial charge in [-0.2, -0.15) is 18.2 Å². The maximum atomic E-state index is 12.7. The van der Waals surface area contributed by atoms with E-state index in [4.69, 9.17) is 0 Å². The molecule has 7 heteroatoms. The van der Waals surface area contributed by atoms with Gasteiger partial charge in [0.2, 0.25) is 5.95 Å². The van der Waals surface area contributed by atoms with E-state index in [-0.39, 0.29) is 11.8 Å². The topological polar surface area (TPSA) is 49.8 Å². The van der Waals surface area contributed by atoms with E-state index in [1.54, 1.807) is 0 Å². The van der Waals surface area contributed by atoms with Gasteiger partial charge in [-0.15, -0.1) is 0 Å². The van der Waals surface area contributed by atoms with Crippen LogP contribution in [-0.2, 0) is 6.18 Å². The van der Waals surface area contributed by atoms with Crippen molar-refractivity contribution in [3.63, 3.8) is 0 Å². The predicted molar refractivity (Wildman–Crippen MR) is 67.0 cm³/mol. The Hall–Kier alpha value is -1.53. The average Bonchev–Trinajstić information content (AvgIpc) is 3.18. The Morgan fingerprint density at radius 3 is 2.58 bits per heavy atom. The largest absolute Gasteiger partial charge is 0.433 e. The highest BCUT2D eigenvalue weighted by Gasteiger charge is 2.34. The zero-order valence-corrected chi connectivity index (χ0v) is 10.9. The van der Waals surface area contributed by atoms with E-state index in [0.29, 0.717) is 18.4 Å². The van der Waals surface area contributed by atoms with E-state index in [9.17, 15) is 13.2 Å². The molecule has 1 aliphatic rings. The summed E-state index contributed by atoms with van der Waals surface area (Å²) < 4.78 is 38.0. The second-order valence-corrected chi connectivity index (χ2v) is 4.91. The quantitative estimate of drug-likeness (QED) is 0.866. The van der Waals surface area contributed by atoms with Crippen LogP contribution in [0, 0.1) is 11.8 Å². The molecule has 106 valence electrons. The normalized spacial score (nSPS) is 17.1. The van der Waals surface area contributed by atoms with Crippen LogP contribution in [0.25, 0.3) is 0 Å². The molecule has 0 amide bonds. The van der Waals surface area contributed by atoms with Crippen LogP contribution < -0.4 is 10.6 Å². The minimum atomic E-state index is -4.47. The molecule has 1 heterocycles. The van der Waals surface area contributed by atoms with Gasteiger partial charge in [-0.25, -0.2) is 4.98 Å². The van der Waals surface area contributed by atoms with E-state index in [1.165, 1.54) is 19.9 Å². The smallest absolute Gasteiger partial charge is 0.370 e. The fourth-order valence-electron chi connectivity index (χ4n) is 1.89. The van der Waals surface area contributed by atoms with E-state index in [2.05, 4.69) is 27.5 Å². The molecule has 1 aromatic rings. The zero-order valence-electron chi connectivity index (χ0n) is 10.9. The van der Waals surface area contributed by atoms with Gasteiger partial charge in [-0.1, -0.05) is 6.92 Å². The number of rotatable bonds is 5. The van der Waals surface area contributed by atoms with Gasteiger partial charge in [-0.3, -0.25) is 0 Å². The van der Waals surface area contributed by atoms with Crippen molar-refractivity contribution in [3.8, 4) is 0 Å². The van der Waals surface area contributed by atoms with Crippen LogP contribution in [0.4, 0.5) is 24.9 Å². The minimum absolute atomic E-state index is 0.0311. The Morgan fingerprint density at radius 2 is 2.05 bits per heavy atom. The van der Waals surface area contributed by atoms with Crippen LogP contribution >= 0.6 is 0 Å². The first kappa shape index (κ1) is 13.9. The Labute approximate surface area is 109 Å². The molecule has 0 aromatic carbocycles. The van der Waals surface area contributed by atoms with Gasteiger partial charge >= 0.3 is 6.18 Å². The molecule has 0 bridgehead atoms. The molecule has 1 aliphatic carbocycles. The molecule has 1 fully saturated rings. The third-order valence-corrected chi connectivity index (χ3v) is 3.27. The van der Waals surface area contributed by atoms with Gasteiger partial charge in [0.05, 0.1) is 0 Å². The molecule has 1 saturated carbocycles. The van der Waals surface area contributed by atoms with E-state index in [0.717, 1.165) is 6.07 Å². The van der Waals surface area contributed by atoms with E-state index >= 15 is 0 Å². The lowest BCUT2D eigenvalue weighted by Crippen LogP contribution is -2.16. The van der Waals surface area contributed by atoms with Crippen LogP contribution in [0.3, 0.4) is 0 Å². The number of nitrogens with one attached hydrogen (secondary N) is 2. The third-order valence-electron chi connectivity index (χ3n) is 3.27. The lowest BCUT2D eigenvalue weighted by molar-refractivity contribution is -0.141. The Balaban J connectivity index is 2.09. The lowest BCUT2D eigenvalue weighted by atomic mass is 10.1. The molecule has 0 radical (unpaired) electrons. The first-order valence-electron chi connectivity index (χ1n) is 6.28. The number of halogens is 3. The maximum Gasteiger partial charge on any atom is 0.433 e. The van der Waals surface area contributed by atoms with Crippen LogP contribution in [-0.4, -0.2) is 23.6 Å². The summed E-state index contributed by atoms with van der Waals surface area (Å²) in [5.41, 5.74) is -0.937. The van der Waals surface area contributed by atoms with Gasteiger partial charge < -0.3 is 10.6 Å². The zero-order chi connectivity index (χ0) is 14.0. The molecule has 19 heavy (non-hydrogen) atoms. The van der Waals surface area contributed by atoms with Crippen LogP contribution in [0.1, 0.15) is 25.5 Å². The predicted octanol–water partition coefficient (Wildman–Crippen LogP) is 3.00. The highest BCUT2D eigenvalue weighted by Crippen LogP contribution is 2.36. The molecule has 0 saturated heterocycles. The van der Waals surface area contributed by atoms with E-state index < -0.39 is 11.9 Å². The summed E-state index contributed by atoms with van der Waals surface area (Å²) in [5, 5.41) is 5.50. The SMILES string of the molecule is CNc1nc(NCC(C)C2CC2)cc(C(F)(F)F)n1. The number of hydrogen-bond donors (Lipinski definition) is 2. The van der Waals surface area contributed by atoms with Gasteiger partial charge in [0.25, 0.3) is 0 Å². The molecule has 2 N–H and O–H groups in total. The molecule has 0 spiro atoms. The molecular weight excluding hydrogens is 257 g/mol. The average molecular weight is 274 g/mol. The number of aromatic nitrogens is 2. The second-order valence-electron chi connectivity index (χ2n) is 4.91. The number of anilines is 2. The first-order valence-corrected chi connectivity index (χ1v) is 6.28. The summed E-state index contributed by atoms with van der Waals surface area (Å²) in [6.07, 6.45) is -2.04. The monoisotopic (exact) mass is 274 g/mol. The van der Waals surface area contributed by atoms with Crippen LogP contribution in [0.5, 0.6) is 0 Å². The van der Waals surface area contributed by atoms with Crippen molar-refractivity contribution in [2.75, 3.05) is 24.2 Å². The summed E-state index contributed by atoms with van der Waals surface area (Å²) in [6.45, 7) is 2.72. The summed E-state index contributed by atoms with van der Waals surface area (Å²) in [5.74, 6) is 1.32.